The second-order valence-electron chi connectivity index (χ2n) is 8.69. The summed E-state index contributed by atoms with van der Waals surface area (Å²) in [4.78, 5) is 11.4. The molecular formula is C25H28FN7O. The van der Waals surface area contributed by atoms with E-state index in [1.807, 2.05) is 37.4 Å². The normalized spacial score (nSPS) is 16.4. The molecule has 0 saturated carbocycles. The van der Waals surface area contributed by atoms with Crippen molar-refractivity contribution in [2.45, 2.75) is 32.4 Å². The van der Waals surface area contributed by atoms with Gasteiger partial charge >= 0.3 is 0 Å². The van der Waals surface area contributed by atoms with Gasteiger partial charge in [0.1, 0.15) is 17.3 Å². The molecule has 0 radical (unpaired) electrons. The number of benzene rings is 1. The van der Waals surface area contributed by atoms with Crippen molar-refractivity contribution in [3.05, 3.63) is 59.7 Å². The number of aromatic nitrogens is 4. The number of methoxy groups -OCH3 is 1. The first-order valence-electron chi connectivity index (χ1n) is 11.4. The molecular weight excluding hydrogens is 433 g/mol. The molecule has 0 spiro atoms. The highest BCUT2D eigenvalue weighted by Gasteiger charge is 2.21. The van der Waals surface area contributed by atoms with Crippen molar-refractivity contribution >= 4 is 16.7 Å². The first-order valence-corrected chi connectivity index (χ1v) is 11.4. The highest BCUT2D eigenvalue weighted by molar-refractivity contribution is 5.94. The molecule has 9 heteroatoms. The average molecular weight is 462 g/mol. The number of rotatable bonds is 6. The Morgan fingerprint density at radius 3 is 2.85 bits per heavy atom. The Labute approximate surface area is 197 Å². The van der Waals surface area contributed by atoms with Gasteiger partial charge in [-0.15, -0.1) is 0 Å². The van der Waals surface area contributed by atoms with Gasteiger partial charge in [0.2, 0.25) is 0 Å². The molecule has 5 rings (SSSR count). The van der Waals surface area contributed by atoms with Crippen molar-refractivity contribution in [1.82, 2.24) is 25.6 Å². The third-order valence-electron chi connectivity index (χ3n) is 6.41. The van der Waals surface area contributed by atoms with Crippen molar-refractivity contribution in [2.24, 2.45) is 5.84 Å². The smallest absolute Gasteiger partial charge is 0.133 e. The SMILES string of the molecule is COC1CCCN(c2ccc(-c3n[nH]c4cnc(-c5c(C)cc(CNN)cc5F)cc34)cn2)C1. The Morgan fingerprint density at radius 1 is 1.24 bits per heavy atom. The topological polar surface area (TPSA) is 105 Å². The molecule has 4 N–H and O–H groups in total. The fraction of sp³-hybridized carbons (Fsp3) is 0.320. The minimum Gasteiger partial charge on any atom is -0.380 e. The molecule has 4 aromatic rings. The van der Waals surface area contributed by atoms with Gasteiger partial charge < -0.3 is 9.64 Å². The van der Waals surface area contributed by atoms with Gasteiger partial charge in [0.25, 0.3) is 0 Å². The number of hydrogen-bond acceptors (Lipinski definition) is 7. The highest BCUT2D eigenvalue weighted by atomic mass is 19.1. The van der Waals surface area contributed by atoms with Gasteiger partial charge in [-0.25, -0.2) is 9.37 Å². The Bertz CT molecular complexity index is 1280. The van der Waals surface area contributed by atoms with E-state index in [2.05, 4.69) is 25.5 Å². The van der Waals surface area contributed by atoms with Crippen LogP contribution in [0, 0.1) is 12.7 Å². The lowest BCUT2D eigenvalue weighted by molar-refractivity contribution is 0.0891. The van der Waals surface area contributed by atoms with E-state index >= 15 is 0 Å². The Hall–Kier alpha value is -3.40. The predicted octanol–water partition coefficient (Wildman–Crippen LogP) is 3.71. The maximum atomic E-state index is 15.0. The first-order chi connectivity index (χ1) is 16.6. The van der Waals surface area contributed by atoms with Crippen LogP contribution in [0.15, 0.2) is 42.7 Å². The molecule has 4 heterocycles. The monoisotopic (exact) mass is 461 g/mol. The number of H-pyrrole nitrogens is 1. The van der Waals surface area contributed by atoms with Gasteiger partial charge in [-0.05, 0) is 55.2 Å². The molecule has 0 aliphatic carbocycles. The number of aryl methyl sites for hydroxylation is 1. The second-order valence-corrected chi connectivity index (χ2v) is 8.69. The molecule has 3 aromatic heterocycles. The van der Waals surface area contributed by atoms with E-state index in [0.717, 1.165) is 65.0 Å². The summed E-state index contributed by atoms with van der Waals surface area (Å²) in [6, 6.07) is 9.32. The predicted molar refractivity (Wildman–Crippen MR) is 131 cm³/mol. The second kappa shape index (κ2) is 9.46. The van der Waals surface area contributed by atoms with Crippen LogP contribution in [0.2, 0.25) is 0 Å². The van der Waals surface area contributed by atoms with Crippen molar-refractivity contribution < 1.29 is 9.13 Å². The number of nitrogens with one attached hydrogen (secondary N) is 2. The van der Waals surface area contributed by atoms with Crippen molar-refractivity contribution in [2.75, 3.05) is 25.1 Å². The largest absolute Gasteiger partial charge is 0.380 e. The number of hydrazine groups is 1. The van der Waals surface area contributed by atoms with Gasteiger partial charge in [-0.2, -0.15) is 5.10 Å². The lowest BCUT2D eigenvalue weighted by atomic mass is 9.99. The van der Waals surface area contributed by atoms with Gasteiger partial charge in [0.15, 0.2) is 0 Å². The number of nitrogens with zero attached hydrogens (tertiary/aromatic N) is 4. The number of pyridine rings is 2. The molecule has 0 bridgehead atoms. The van der Waals surface area contributed by atoms with Crippen LogP contribution in [0.4, 0.5) is 10.2 Å². The van der Waals surface area contributed by atoms with Crippen LogP contribution < -0.4 is 16.2 Å². The summed E-state index contributed by atoms with van der Waals surface area (Å²) >= 11 is 0. The Morgan fingerprint density at radius 2 is 2.12 bits per heavy atom. The molecule has 0 amide bonds. The third-order valence-corrected chi connectivity index (χ3v) is 6.41. The molecule has 176 valence electrons. The van der Waals surface area contributed by atoms with Crippen molar-refractivity contribution in [3.63, 3.8) is 0 Å². The number of piperidine rings is 1. The van der Waals surface area contributed by atoms with Crippen molar-refractivity contribution in [3.8, 4) is 22.5 Å². The van der Waals surface area contributed by atoms with Crippen LogP contribution in [0.3, 0.4) is 0 Å². The number of anilines is 1. The zero-order chi connectivity index (χ0) is 23.7. The van der Waals surface area contributed by atoms with E-state index in [1.54, 1.807) is 13.3 Å². The number of ether oxygens (including phenoxy) is 1. The van der Waals surface area contributed by atoms with Gasteiger partial charge in [-0.1, -0.05) is 6.07 Å². The fourth-order valence-electron chi connectivity index (χ4n) is 4.68. The first kappa shape index (κ1) is 22.4. The molecule has 1 aliphatic rings. The Kier molecular flexibility index (Phi) is 6.23. The number of fused-ring (bicyclic) bond motifs is 1. The quantitative estimate of drug-likeness (QED) is 0.297. The standard InChI is InChI=1S/C25H28FN7O/c1-15-8-16(11-30-27)9-20(26)24(15)21-10-19-22(13-28-21)31-32-25(19)17-5-6-23(29-12-17)33-7-3-4-18(14-33)34-2/h5-6,8-10,12-13,18,30H,3-4,7,11,14,27H2,1-2H3,(H,31,32). The minimum absolute atomic E-state index is 0.237. The van der Waals surface area contributed by atoms with E-state index in [1.165, 1.54) is 6.07 Å². The molecule has 1 aromatic carbocycles. The molecule has 1 unspecified atom stereocenters. The maximum Gasteiger partial charge on any atom is 0.133 e. The van der Waals surface area contributed by atoms with Crippen LogP contribution in [-0.2, 0) is 11.3 Å². The van der Waals surface area contributed by atoms with E-state index in [9.17, 15) is 4.39 Å². The van der Waals surface area contributed by atoms with Gasteiger partial charge in [-0.3, -0.25) is 21.4 Å². The molecule has 8 nitrogen and oxygen atoms in total. The number of nitrogens with two attached hydrogens (primary N) is 1. The summed E-state index contributed by atoms with van der Waals surface area (Å²) in [7, 11) is 1.76. The molecule has 1 fully saturated rings. The molecule has 1 saturated heterocycles. The van der Waals surface area contributed by atoms with Crippen LogP contribution in [0.1, 0.15) is 24.0 Å². The van der Waals surface area contributed by atoms with E-state index in [0.29, 0.717) is 17.8 Å². The minimum atomic E-state index is -0.330. The zero-order valence-electron chi connectivity index (χ0n) is 19.3. The van der Waals surface area contributed by atoms with Gasteiger partial charge in [0, 0.05) is 49.5 Å². The van der Waals surface area contributed by atoms with Crippen molar-refractivity contribution in [1.29, 1.82) is 0 Å². The third kappa shape index (κ3) is 4.25. The summed E-state index contributed by atoms with van der Waals surface area (Å²) in [6.07, 6.45) is 5.92. The number of aromatic amines is 1. The van der Waals surface area contributed by atoms with E-state index in [-0.39, 0.29) is 11.9 Å². The highest BCUT2D eigenvalue weighted by Crippen LogP contribution is 2.32. The summed E-state index contributed by atoms with van der Waals surface area (Å²) in [5, 5.41) is 8.39. The van der Waals surface area contributed by atoms with Crippen LogP contribution in [0.5, 0.6) is 0 Å². The maximum absolute atomic E-state index is 15.0. The van der Waals surface area contributed by atoms with Crippen LogP contribution >= 0.6 is 0 Å². The lowest BCUT2D eigenvalue weighted by Crippen LogP contribution is -2.39. The van der Waals surface area contributed by atoms with E-state index < -0.39 is 0 Å². The summed E-state index contributed by atoms with van der Waals surface area (Å²) < 4.78 is 20.5. The molecule has 1 aliphatic heterocycles. The van der Waals surface area contributed by atoms with Gasteiger partial charge in [0.05, 0.1) is 23.5 Å². The fourth-order valence-corrected chi connectivity index (χ4v) is 4.68. The van der Waals surface area contributed by atoms with E-state index in [4.69, 9.17) is 15.6 Å². The summed E-state index contributed by atoms with van der Waals surface area (Å²) in [5.74, 6) is 5.99. The summed E-state index contributed by atoms with van der Waals surface area (Å²) in [5.41, 5.74) is 7.59. The number of halogens is 1. The zero-order valence-corrected chi connectivity index (χ0v) is 19.3. The summed E-state index contributed by atoms with van der Waals surface area (Å²) in [6.45, 7) is 4.08. The van der Waals surface area contributed by atoms with Crippen LogP contribution in [0.25, 0.3) is 33.4 Å². The molecule has 34 heavy (non-hydrogen) atoms. The average Bonchev–Trinajstić information content (AvgIpc) is 3.27. The number of hydrogen-bond donors (Lipinski definition) is 3. The lowest BCUT2D eigenvalue weighted by Gasteiger charge is -2.32. The Balaban J connectivity index is 1.47. The molecule has 1 atom stereocenters. The van der Waals surface area contributed by atoms with Crippen LogP contribution in [-0.4, -0.2) is 46.5 Å².